The normalized spacial score (nSPS) is 10.1. The summed E-state index contributed by atoms with van der Waals surface area (Å²) in [6, 6.07) is 11.1. The maximum atomic E-state index is 11.6. The lowest BCUT2D eigenvalue weighted by Crippen LogP contribution is -2.23. The monoisotopic (exact) mass is 216 g/mol. The number of nitrogen functional groups attached to an aromatic ring is 1. The average molecular weight is 216 g/mol. The third-order valence-electron chi connectivity index (χ3n) is 2.21. The van der Waals surface area contributed by atoms with Gasteiger partial charge in [-0.2, -0.15) is 5.10 Å². The molecule has 0 unspecified atom stereocenters. The van der Waals surface area contributed by atoms with Crippen LogP contribution in [0.1, 0.15) is 5.56 Å². The standard InChI is InChI=1S/C11H12N4O/c12-14-10-6-11(16)15(13-7-10)8-9-4-2-1-3-5-9/h1-7,14H,8,12H2. The van der Waals surface area contributed by atoms with Gasteiger partial charge < -0.3 is 5.43 Å². The van der Waals surface area contributed by atoms with E-state index >= 15 is 0 Å². The second kappa shape index (κ2) is 4.59. The number of rotatable bonds is 3. The Morgan fingerprint density at radius 2 is 2.06 bits per heavy atom. The van der Waals surface area contributed by atoms with Gasteiger partial charge in [0, 0.05) is 6.07 Å². The minimum atomic E-state index is -0.181. The Kier molecular flexibility index (Phi) is 2.98. The highest BCUT2D eigenvalue weighted by molar-refractivity contribution is 5.36. The lowest BCUT2D eigenvalue weighted by atomic mass is 10.2. The van der Waals surface area contributed by atoms with Crippen LogP contribution in [-0.2, 0) is 6.54 Å². The van der Waals surface area contributed by atoms with Crippen LogP contribution in [-0.4, -0.2) is 9.78 Å². The summed E-state index contributed by atoms with van der Waals surface area (Å²) in [6.45, 7) is 0.463. The van der Waals surface area contributed by atoms with Gasteiger partial charge in [0.2, 0.25) is 0 Å². The zero-order chi connectivity index (χ0) is 11.4. The Bertz CT molecular complexity index is 521. The number of nitrogens with two attached hydrogens (primary N) is 1. The molecule has 0 saturated heterocycles. The Morgan fingerprint density at radius 1 is 1.31 bits per heavy atom. The lowest BCUT2D eigenvalue weighted by Gasteiger charge is -2.05. The fourth-order valence-corrected chi connectivity index (χ4v) is 1.39. The van der Waals surface area contributed by atoms with Crippen molar-refractivity contribution in [3.8, 4) is 0 Å². The summed E-state index contributed by atoms with van der Waals surface area (Å²) in [7, 11) is 0. The van der Waals surface area contributed by atoms with Gasteiger partial charge in [-0.15, -0.1) is 0 Å². The third-order valence-corrected chi connectivity index (χ3v) is 2.21. The molecule has 0 radical (unpaired) electrons. The molecular formula is C11H12N4O. The first kappa shape index (κ1) is 10.4. The van der Waals surface area contributed by atoms with Crippen LogP contribution in [0.3, 0.4) is 0 Å². The van der Waals surface area contributed by atoms with Crippen LogP contribution in [0.5, 0.6) is 0 Å². The number of nitrogens with one attached hydrogen (secondary N) is 1. The summed E-state index contributed by atoms with van der Waals surface area (Å²) >= 11 is 0. The number of hydrogen-bond acceptors (Lipinski definition) is 4. The fraction of sp³-hybridized carbons (Fsp3) is 0.0909. The predicted octanol–water partition coefficient (Wildman–Crippen LogP) is 0.577. The topological polar surface area (TPSA) is 72.9 Å². The van der Waals surface area contributed by atoms with Gasteiger partial charge in [0.25, 0.3) is 5.56 Å². The second-order valence-corrected chi connectivity index (χ2v) is 3.37. The first-order chi connectivity index (χ1) is 7.79. The Labute approximate surface area is 92.5 Å². The zero-order valence-electron chi connectivity index (χ0n) is 8.63. The van der Waals surface area contributed by atoms with E-state index in [1.165, 1.54) is 16.9 Å². The summed E-state index contributed by atoms with van der Waals surface area (Å²) in [4.78, 5) is 11.6. The molecule has 5 nitrogen and oxygen atoms in total. The van der Waals surface area contributed by atoms with Crippen molar-refractivity contribution in [1.82, 2.24) is 9.78 Å². The van der Waals surface area contributed by atoms with Crippen molar-refractivity contribution in [2.75, 3.05) is 5.43 Å². The van der Waals surface area contributed by atoms with Crippen LogP contribution in [0.25, 0.3) is 0 Å². The van der Waals surface area contributed by atoms with Crippen molar-refractivity contribution in [3.63, 3.8) is 0 Å². The van der Waals surface area contributed by atoms with Crippen molar-refractivity contribution in [3.05, 3.63) is 58.5 Å². The Morgan fingerprint density at radius 3 is 2.69 bits per heavy atom. The first-order valence-electron chi connectivity index (χ1n) is 4.87. The molecule has 2 rings (SSSR count). The number of hydrazine groups is 1. The quantitative estimate of drug-likeness (QED) is 0.581. The smallest absolute Gasteiger partial charge is 0.269 e. The number of anilines is 1. The van der Waals surface area contributed by atoms with Gasteiger partial charge in [0.05, 0.1) is 18.4 Å². The fourth-order valence-electron chi connectivity index (χ4n) is 1.39. The lowest BCUT2D eigenvalue weighted by molar-refractivity contribution is 0.639. The van der Waals surface area contributed by atoms with Gasteiger partial charge in [0.1, 0.15) is 0 Å². The molecule has 3 N–H and O–H groups in total. The molecule has 1 aromatic carbocycles. The molecule has 0 bridgehead atoms. The summed E-state index contributed by atoms with van der Waals surface area (Å²) in [5, 5.41) is 4.01. The molecule has 0 aliphatic carbocycles. The van der Waals surface area contributed by atoms with Crippen molar-refractivity contribution in [2.45, 2.75) is 6.54 Å². The van der Waals surface area contributed by atoms with E-state index in [9.17, 15) is 4.79 Å². The second-order valence-electron chi connectivity index (χ2n) is 3.37. The van der Waals surface area contributed by atoms with Crippen molar-refractivity contribution in [1.29, 1.82) is 0 Å². The average Bonchev–Trinajstić information content (AvgIpc) is 2.33. The van der Waals surface area contributed by atoms with Crippen molar-refractivity contribution < 1.29 is 0 Å². The highest BCUT2D eigenvalue weighted by Gasteiger charge is 1.99. The molecule has 0 aliphatic rings. The van der Waals surface area contributed by atoms with Gasteiger partial charge in [-0.1, -0.05) is 30.3 Å². The number of benzene rings is 1. The maximum Gasteiger partial charge on any atom is 0.269 e. The summed E-state index contributed by atoms with van der Waals surface area (Å²) in [5.74, 6) is 5.18. The maximum absolute atomic E-state index is 11.6. The first-order valence-corrected chi connectivity index (χ1v) is 4.87. The molecule has 0 fully saturated rings. The summed E-state index contributed by atoms with van der Waals surface area (Å²) in [6.07, 6.45) is 1.52. The van der Waals surface area contributed by atoms with Crippen LogP contribution in [0, 0.1) is 0 Å². The molecule has 2 aromatic rings. The molecule has 0 spiro atoms. The molecule has 1 aromatic heterocycles. The molecular weight excluding hydrogens is 204 g/mol. The van der Waals surface area contributed by atoms with E-state index < -0.39 is 0 Å². The molecule has 82 valence electrons. The van der Waals surface area contributed by atoms with Crippen LogP contribution >= 0.6 is 0 Å². The third kappa shape index (κ3) is 2.26. The summed E-state index contributed by atoms with van der Waals surface area (Å²) < 4.78 is 1.39. The van der Waals surface area contributed by atoms with Gasteiger partial charge in [-0.25, -0.2) is 4.68 Å². The molecule has 0 aliphatic heterocycles. The van der Waals surface area contributed by atoms with Gasteiger partial charge >= 0.3 is 0 Å². The van der Waals surface area contributed by atoms with Crippen molar-refractivity contribution >= 4 is 5.69 Å². The minimum absolute atomic E-state index is 0.181. The highest BCUT2D eigenvalue weighted by Crippen LogP contribution is 2.01. The number of nitrogens with zero attached hydrogens (tertiary/aromatic N) is 2. The van der Waals surface area contributed by atoms with Gasteiger partial charge in [-0.3, -0.25) is 10.6 Å². The van der Waals surface area contributed by atoms with Crippen LogP contribution < -0.4 is 16.8 Å². The zero-order valence-corrected chi connectivity index (χ0v) is 8.63. The Balaban J connectivity index is 2.26. The number of hydrogen-bond donors (Lipinski definition) is 2. The van der Waals surface area contributed by atoms with E-state index in [-0.39, 0.29) is 5.56 Å². The van der Waals surface area contributed by atoms with Crippen molar-refractivity contribution in [2.24, 2.45) is 5.84 Å². The molecule has 16 heavy (non-hydrogen) atoms. The molecule has 1 heterocycles. The van der Waals surface area contributed by atoms with E-state index in [4.69, 9.17) is 5.84 Å². The summed E-state index contributed by atoms with van der Waals surface area (Å²) in [5.41, 5.74) is 3.74. The molecule has 0 atom stereocenters. The van der Waals surface area contributed by atoms with Crippen LogP contribution in [0.4, 0.5) is 5.69 Å². The SMILES string of the molecule is NNc1cnn(Cc2ccccc2)c(=O)c1. The van der Waals surface area contributed by atoms with Gasteiger partial charge in [-0.05, 0) is 5.56 Å². The molecule has 0 amide bonds. The molecule has 0 saturated carbocycles. The van der Waals surface area contributed by atoms with E-state index in [1.807, 2.05) is 30.3 Å². The largest absolute Gasteiger partial charge is 0.322 e. The predicted molar refractivity (Wildman–Crippen MR) is 61.9 cm³/mol. The molecule has 5 heteroatoms. The van der Waals surface area contributed by atoms with E-state index in [2.05, 4.69) is 10.5 Å². The Hall–Kier alpha value is -2.14. The highest BCUT2D eigenvalue weighted by atomic mass is 16.1. The minimum Gasteiger partial charge on any atom is -0.322 e. The van der Waals surface area contributed by atoms with E-state index in [0.29, 0.717) is 12.2 Å². The van der Waals surface area contributed by atoms with Crippen LogP contribution in [0.15, 0.2) is 47.4 Å². The van der Waals surface area contributed by atoms with Crippen LogP contribution in [0.2, 0.25) is 0 Å². The number of aromatic nitrogens is 2. The van der Waals surface area contributed by atoms with E-state index in [1.54, 1.807) is 0 Å². The van der Waals surface area contributed by atoms with Gasteiger partial charge in [0.15, 0.2) is 0 Å². The van der Waals surface area contributed by atoms with E-state index in [0.717, 1.165) is 5.56 Å².